The molecule has 0 aliphatic rings. The molecule has 0 unspecified atom stereocenters. The largest absolute Gasteiger partial charge is 0.404 e. The van der Waals surface area contributed by atoms with Crippen LogP contribution in [0.4, 0.5) is 5.69 Å². The summed E-state index contributed by atoms with van der Waals surface area (Å²) in [5.41, 5.74) is 14.8. The van der Waals surface area contributed by atoms with Gasteiger partial charge >= 0.3 is 0 Å². The Kier molecular flexibility index (Phi) is 3.98. The van der Waals surface area contributed by atoms with Crippen molar-refractivity contribution >= 4 is 45.8 Å². The number of benzene rings is 1. The molecule has 0 spiro atoms. The Morgan fingerprint density at radius 2 is 2.04 bits per heavy atom. The van der Waals surface area contributed by atoms with Gasteiger partial charge in [-0.05, 0) is 48.2 Å². The van der Waals surface area contributed by atoms with E-state index in [1.165, 1.54) is 18.0 Å². The summed E-state index contributed by atoms with van der Waals surface area (Å²) in [7, 11) is 0. The van der Waals surface area contributed by atoms with Gasteiger partial charge in [-0.2, -0.15) is 9.61 Å². The summed E-state index contributed by atoms with van der Waals surface area (Å²) in [4.78, 5) is 5.25. The normalized spacial score (nSPS) is 11.9. The summed E-state index contributed by atoms with van der Waals surface area (Å²) in [6, 6.07) is 11.2. The van der Waals surface area contributed by atoms with Crippen LogP contribution in [0.2, 0.25) is 0 Å². The maximum Gasteiger partial charge on any atom is 0.217 e. The van der Waals surface area contributed by atoms with Crippen LogP contribution in [0.15, 0.2) is 58.8 Å². The van der Waals surface area contributed by atoms with Crippen LogP contribution in [-0.4, -0.2) is 31.0 Å². The minimum atomic E-state index is 0.515. The van der Waals surface area contributed by atoms with Gasteiger partial charge in [0.15, 0.2) is 5.65 Å². The van der Waals surface area contributed by atoms with Crippen molar-refractivity contribution in [3.8, 4) is 0 Å². The van der Waals surface area contributed by atoms with Gasteiger partial charge in [0, 0.05) is 40.2 Å². The zero-order valence-corrected chi connectivity index (χ0v) is 14.3. The molecule has 9 heteroatoms. The third-order valence-electron chi connectivity index (χ3n) is 3.82. The van der Waals surface area contributed by atoms with Gasteiger partial charge in [-0.15, -0.1) is 10.2 Å². The molecule has 0 fully saturated rings. The van der Waals surface area contributed by atoms with Crippen LogP contribution >= 0.6 is 11.8 Å². The van der Waals surface area contributed by atoms with Gasteiger partial charge in [0.2, 0.25) is 5.16 Å². The van der Waals surface area contributed by atoms with Gasteiger partial charge in [-0.3, -0.25) is 4.98 Å². The lowest BCUT2D eigenvalue weighted by Crippen LogP contribution is -2.01. The Morgan fingerprint density at radius 1 is 1.15 bits per heavy atom. The van der Waals surface area contributed by atoms with E-state index in [1.807, 2.05) is 18.2 Å². The van der Waals surface area contributed by atoms with E-state index in [2.05, 4.69) is 20.3 Å². The molecule has 0 amide bonds. The predicted molar refractivity (Wildman–Crippen MR) is 102 cm³/mol. The number of hydrogen-bond donors (Lipinski definition) is 3. The number of rotatable bonds is 4. The van der Waals surface area contributed by atoms with Crippen molar-refractivity contribution in [2.45, 2.75) is 10.1 Å². The smallest absolute Gasteiger partial charge is 0.217 e. The highest BCUT2D eigenvalue weighted by molar-refractivity contribution is 7.99. The topological polar surface area (TPSA) is 132 Å². The fourth-order valence-corrected chi connectivity index (χ4v) is 3.34. The summed E-state index contributed by atoms with van der Waals surface area (Å²) >= 11 is 1.42. The first-order chi connectivity index (χ1) is 12.7. The van der Waals surface area contributed by atoms with Crippen LogP contribution < -0.4 is 11.5 Å². The molecule has 26 heavy (non-hydrogen) atoms. The molecule has 0 aliphatic heterocycles. The fourth-order valence-electron chi connectivity index (χ4n) is 2.51. The Hall–Kier alpha value is -3.46. The molecule has 128 valence electrons. The second-order valence-electron chi connectivity index (χ2n) is 5.42. The molecule has 0 atom stereocenters. The second kappa shape index (κ2) is 6.45. The standard InChI is InChI=1S/C17H14N8S/c18-8-10(9-19)14-3-4-16-22-23-17(25(16)24-14)26-11-1-2-15-12(7-11)13(20)5-6-21-15/h1-9,18H,19H2,(H2,20,21). The summed E-state index contributed by atoms with van der Waals surface area (Å²) in [5.74, 6) is 0. The predicted octanol–water partition coefficient (Wildman–Crippen LogP) is 2.36. The number of hydrogen-bond acceptors (Lipinski definition) is 8. The molecular formula is C17H14N8S. The summed E-state index contributed by atoms with van der Waals surface area (Å²) in [6.45, 7) is 0. The maximum absolute atomic E-state index is 7.42. The van der Waals surface area contributed by atoms with Gasteiger partial charge in [0.05, 0.1) is 11.2 Å². The van der Waals surface area contributed by atoms with Crippen molar-refractivity contribution in [2.24, 2.45) is 5.73 Å². The molecule has 8 nitrogen and oxygen atoms in total. The highest BCUT2D eigenvalue weighted by Crippen LogP contribution is 2.30. The number of fused-ring (bicyclic) bond motifs is 2. The third kappa shape index (κ3) is 2.74. The van der Waals surface area contributed by atoms with Crippen molar-refractivity contribution in [1.82, 2.24) is 24.8 Å². The van der Waals surface area contributed by atoms with Crippen LogP contribution in [-0.2, 0) is 0 Å². The molecule has 0 saturated heterocycles. The zero-order chi connectivity index (χ0) is 18.1. The molecular weight excluding hydrogens is 348 g/mol. The fraction of sp³-hybridized carbons (Fsp3) is 0. The number of anilines is 1. The van der Waals surface area contributed by atoms with Crippen LogP contribution in [0.1, 0.15) is 5.69 Å². The highest BCUT2D eigenvalue weighted by Gasteiger charge is 2.11. The first kappa shape index (κ1) is 16.0. The Bertz CT molecular complexity index is 1160. The number of aromatic nitrogens is 5. The van der Waals surface area contributed by atoms with Crippen LogP contribution in [0, 0.1) is 5.41 Å². The van der Waals surface area contributed by atoms with E-state index in [0.29, 0.717) is 27.8 Å². The quantitative estimate of drug-likeness (QED) is 0.475. The van der Waals surface area contributed by atoms with Crippen LogP contribution in [0.25, 0.3) is 22.1 Å². The van der Waals surface area contributed by atoms with Crippen molar-refractivity contribution < 1.29 is 0 Å². The summed E-state index contributed by atoms with van der Waals surface area (Å²) in [5, 5.41) is 21.7. The van der Waals surface area contributed by atoms with Crippen molar-refractivity contribution in [3.63, 3.8) is 0 Å². The number of pyridine rings is 1. The lowest BCUT2D eigenvalue weighted by molar-refractivity contribution is 0.803. The van der Waals surface area contributed by atoms with Gasteiger partial charge in [-0.1, -0.05) is 0 Å². The van der Waals surface area contributed by atoms with E-state index in [-0.39, 0.29) is 0 Å². The molecule has 3 heterocycles. The number of nitrogen functional groups attached to an aromatic ring is 1. The van der Waals surface area contributed by atoms with E-state index in [4.69, 9.17) is 16.9 Å². The molecule has 0 bridgehead atoms. The van der Waals surface area contributed by atoms with Crippen molar-refractivity contribution in [2.75, 3.05) is 5.73 Å². The molecule has 4 rings (SSSR count). The minimum Gasteiger partial charge on any atom is -0.404 e. The van der Waals surface area contributed by atoms with Crippen molar-refractivity contribution in [1.29, 1.82) is 5.41 Å². The Morgan fingerprint density at radius 3 is 2.85 bits per heavy atom. The highest BCUT2D eigenvalue weighted by atomic mass is 32.2. The number of nitrogens with one attached hydrogen (secondary N) is 1. The van der Waals surface area contributed by atoms with E-state index in [1.54, 1.807) is 28.9 Å². The van der Waals surface area contributed by atoms with E-state index in [9.17, 15) is 0 Å². The van der Waals surface area contributed by atoms with Crippen LogP contribution in [0.3, 0.4) is 0 Å². The average molecular weight is 362 g/mol. The summed E-state index contributed by atoms with van der Waals surface area (Å²) in [6.07, 6.45) is 4.19. The lowest BCUT2D eigenvalue weighted by atomic mass is 10.2. The number of nitrogens with zero attached hydrogens (tertiary/aromatic N) is 5. The molecule has 3 aromatic heterocycles. The number of nitrogens with two attached hydrogens (primary N) is 2. The lowest BCUT2D eigenvalue weighted by Gasteiger charge is -2.05. The summed E-state index contributed by atoms with van der Waals surface area (Å²) < 4.78 is 1.63. The minimum absolute atomic E-state index is 0.515. The van der Waals surface area contributed by atoms with E-state index < -0.39 is 0 Å². The molecule has 5 N–H and O–H groups in total. The molecule has 1 aromatic carbocycles. The number of allylic oxidation sites excluding steroid dienone is 1. The Labute approximate surface area is 152 Å². The van der Waals surface area contributed by atoms with Gasteiger partial charge in [0.1, 0.15) is 0 Å². The maximum atomic E-state index is 7.42. The molecule has 0 radical (unpaired) electrons. The van der Waals surface area contributed by atoms with E-state index in [0.717, 1.165) is 22.0 Å². The molecule has 0 saturated carbocycles. The van der Waals surface area contributed by atoms with Gasteiger partial charge in [0.25, 0.3) is 0 Å². The average Bonchev–Trinajstić information content (AvgIpc) is 3.06. The third-order valence-corrected chi connectivity index (χ3v) is 4.75. The van der Waals surface area contributed by atoms with Crippen molar-refractivity contribution in [3.05, 3.63) is 54.5 Å². The van der Waals surface area contributed by atoms with E-state index >= 15 is 0 Å². The monoisotopic (exact) mass is 362 g/mol. The SMILES string of the molecule is N=CC(=CN)c1ccc2nnc(Sc3ccc4nccc(N)c4c3)n2n1. The second-order valence-corrected chi connectivity index (χ2v) is 6.46. The zero-order valence-electron chi connectivity index (χ0n) is 13.5. The van der Waals surface area contributed by atoms with Gasteiger partial charge in [-0.25, -0.2) is 0 Å². The first-order valence-electron chi connectivity index (χ1n) is 7.67. The van der Waals surface area contributed by atoms with Crippen LogP contribution in [0.5, 0.6) is 0 Å². The first-order valence-corrected chi connectivity index (χ1v) is 8.48. The van der Waals surface area contributed by atoms with Gasteiger partial charge < -0.3 is 16.9 Å². The molecule has 4 aromatic rings. The Balaban J connectivity index is 1.76. The molecule has 0 aliphatic carbocycles.